The molecule has 1 amide bonds. The maximum Gasteiger partial charge on any atom is 0.347 e. The van der Waals surface area contributed by atoms with Gasteiger partial charge in [0, 0.05) is 39.0 Å². The topological polar surface area (TPSA) is 110 Å². The van der Waals surface area contributed by atoms with Gasteiger partial charge < -0.3 is 14.4 Å². The molecule has 2 saturated heterocycles. The molecule has 3 rings (SSSR count). The molecular weight excluding hydrogens is 400 g/mol. The third-order valence-electron chi connectivity index (χ3n) is 4.92. The van der Waals surface area contributed by atoms with Crippen molar-refractivity contribution >= 4 is 27.9 Å². The highest BCUT2D eigenvalue weighted by Gasteiger charge is 2.35. The minimum atomic E-state index is -3.58. The highest BCUT2D eigenvalue weighted by atomic mass is 32.2. The summed E-state index contributed by atoms with van der Waals surface area (Å²) < 4.78 is 36.6. The molecule has 158 valence electrons. The molecule has 10 heteroatoms. The monoisotopic (exact) mass is 424 g/mol. The van der Waals surface area contributed by atoms with Gasteiger partial charge in [-0.25, -0.2) is 13.2 Å². The fourth-order valence-corrected chi connectivity index (χ4v) is 4.76. The van der Waals surface area contributed by atoms with Crippen LogP contribution in [0, 0.1) is 0 Å². The van der Waals surface area contributed by atoms with Gasteiger partial charge in [0.1, 0.15) is 6.10 Å². The molecule has 1 aromatic carbocycles. The van der Waals surface area contributed by atoms with Gasteiger partial charge in [-0.3, -0.25) is 9.59 Å². The molecule has 9 nitrogen and oxygen atoms in total. The van der Waals surface area contributed by atoms with Gasteiger partial charge in [-0.2, -0.15) is 4.31 Å². The molecule has 0 spiro atoms. The van der Waals surface area contributed by atoms with E-state index >= 15 is 0 Å². The minimum absolute atomic E-state index is 0.0540. The van der Waals surface area contributed by atoms with Crippen LogP contribution in [0.3, 0.4) is 0 Å². The van der Waals surface area contributed by atoms with E-state index in [0.717, 1.165) is 0 Å². The zero-order valence-electron chi connectivity index (χ0n) is 16.2. The Balaban J connectivity index is 1.44. The first kappa shape index (κ1) is 21.3. The molecule has 0 unspecified atom stereocenters. The van der Waals surface area contributed by atoms with Gasteiger partial charge in [0.05, 0.1) is 11.3 Å². The van der Waals surface area contributed by atoms with Crippen molar-refractivity contribution in [2.24, 2.45) is 0 Å². The average Bonchev–Trinajstić information content (AvgIpc) is 3.03. The lowest BCUT2D eigenvalue weighted by molar-refractivity contribution is -0.161. The number of carbonyl (C=O) groups is 3. The Morgan fingerprint density at radius 1 is 1.10 bits per heavy atom. The second-order valence-corrected chi connectivity index (χ2v) is 9.00. The number of benzene rings is 1. The molecule has 2 fully saturated rings. The summed E-state index contributed by atoms with van der Waals surface area (Å²) in [7, 11) is -3.58. The molecule has 0 bridgehead atoms. The number of rotatable bonds is 6. The van der Waals surface area contributed by atoms with E-state index in [4.69, 9.17) is 9.47 Å². The van der Waals surface area contributed by atoms with Crippen LogP contribution < -0.4 is 0 Å². The standard InChI is InChI=1S/C19H24N2O7S/c1-14-13-16(19(24)27-14)28-18(23)8-7-17(22)20-9-11-21(12-10-20)29(25,26)15-5-3-2-4-6-15/h2-6,14,16H,7-13H2,1H3/t14-,16-/m0/s1. The van der Waals surface area contributed by atoms with Crippen LogP contribution in [0.15, 0.2) is 35.2 Å². The Hall–Kier alpha value is -2.46. The maximum atomic E-state index is 12.6. The number of piperazine rings is 1. The zero-order valence-corrected chi connectivity index (χ0v) is 17.0. The summed E-state index contributed by atoms with van der Waals surface area (Å²) >= 11 is 0. The lowest BCUT2D eigenvalue weighted by Crippen LogP contribution is -2.50. The van der Waals surface area contributed by atoms with Gasteiger partial charge >= 0.3 is 11.9 Å². The molecule has 0 aliphatic carbocycles. The summed E-state index contributed by atoms with van der Waals surface area (Å²) in [6, 6.07) is 8.16. The predicted molar refractivity (Wildman–Crippen MR) is 101 cm³/mol. The number of carbonyl (C=O) groups excluding carboxylic acids is 3. The van der Waals surface area contributed by atoms with Gasteiger partial charge in [0.2, 0.25) is 22.0 Å². The van der Waals surface area contributed by atoms with E-state index in [2.05, 4.69) is 0 Å². The van der Waals surface area contributed by atoms with Crippen LogP contribution in [-0.4, -0.2) is 73.9 Å². The third-order valence-corrected chi connectivity index (χ3v) is 6.83. The average molecular weight is 424 g/mol. The summed E-state index contributed by atoms with van der Waals surface area (Å²) in [5.74, 6) is -1.44. The van der Waals surface area contributed by atoms with Gasteiger partial charge in [0.15, 0.2) is 0 Å². The number of ether oxygens (including phenoxy) is 2. The van der Waals surface area contributed by atoms with Crippen LogP contribution in [-0.2, 0) is 33.9 Å². The molecule has 0 saturated carbocycles. The highest BCUT2D eigenvalue weighted by molar-refractivity contribution is 7.89. The Labute approximate surface area is 169 Å². The molecule has 2 heterocycles. The van der Waals surface area contributed by atoms with Crippen molar-refractivity contribution in [1.29, 1.82) is 0 Å². The number of hydrogen-bond acceptors (Lipinski definition) is 7. The molecule has 0 aromatic heterocycles. The van der Waals surface area contributed by atoms with Crippen LogP contribution >= 0.6 is 0 Å². The molecule has 0 radical (unpaired) electrons. The van der Waals surface area contributed by atoms with Crippen LogP contribution in [0.25, 0.3) is 0 Å². The largest absolute Gasteiger partial charge is 0.460 e. The second-order valence-electron chi connectivity index (χ2n) is 7.06. The molecule has 1 aromatic rings. The molecule has 2 aliphatic heterocycles. The summed E-state index contributed by atoms with van der Waals surface area (Å²) in [4.78, 5) is 37.5. The number of cyclic esters (lactones) is 1. The zero-order chi connectivity index (χ0) is 21.0. The summed E-state index contributed by atoms with van der Waals surface area (Å²) in [6.45, 7) is 2.62. The van der Waals surface area contributed by atoms with Gasteiger partial charge in [-0.1, -0.05) is 18.2 Å². The van der Waals surface area contributed by atoms with Crippen molar-refractivity contribution < 1.29 is 32.3 Å². The van der Waals surface area contributed by atoms with E-state index in [-0.39, 0.29) is 55.9 Å². The summed E-state index contributed by atoms with van der Waals surface area (Å²) in [6.07, 6.45) is -1.07. The Kier molecular flexibility index (Phi) is 6.53. The van der Waals surface area contributed by atoms with Gasteiger partial charge in [-0.15, -0.1) is 0 Å². The summed E-state index contributed by atoms with van der Waals surface area (Å²) in [5, 5.41) is 0. The number of nitrogens with zero attached hydrogens (tertiary/aromatic N) is 2. The van der Waals surface area contributed by atoms with E-state index in [0.29, 0.717) is 6.42 Å². The van der Waals surface area contributed by atoms with Crippen LogP contribution in [0.4, 0.5) is 0 Å². The SMILES string of the molecule is C[C@H]1C[C@H](OC(=O)CCC(=O)N2CCN(S(=O)(=O)c3ccccc3)CC2)C(=O)O1. The molecule has 2 atom stereocenters. The second kappa shape index (κ2) is 8.91. The Bertz CT molecular complexity index is 864. The van der Waals surface area contributed by atoms with E-state index < -0.39 is 28.1 Å². The Morgan fingerprint density at radius 3 is 2.34 bits per heavy atom. The molecule has 0 N–H and O–H groups in total. The lowest BCUT2D eigenvalue weighted by Gasteiger charge is -2.34. The van der Waals surface area contributed by atoms with Crippen LogP contribution in [0.1, 0.15) is 26.2 Å². The van der Waals surface area contributed by atoms with E-state index in [1.165, 1.54) is 9.21 Å². The number of hydrogen-bond donors (Lipinski definition) is 0. The van der Waals surface area contributed by atoms with Crippen molar-refractivity contribution in [2.45, 2.75) is 43.3 Å². The normalized spacial score (nSPS) is 22.9. The first-order chi connectivity index (χ1) is 13.8. The lowest BCUT2D eigenvalue weighted by atomic mass is 10.2. The predicted octanol–water partition coefficient (Wildman–Crippen LogP) is 0.547. The number of sulfonamides is 1. The van der Waals surface area contributed by atoms with Gasteiger partial charge in [-0.05, 0) is 19.1 Å². The van der Waals surface area contributed by atoms with E-state index in [1.54, 1.807) is 37.3 Å². The molecule has 29 heavy (non-hydrogen) atoms. The van der Waals surface area contributed by atoms with Crippen molar-refractivity contribution in [3.05, 3.63) is 30.3 Å². The van der Waals surface area contributed by atoms with Gasteiger partial charge in [0.25, 0.3) is 0 Å². The fourth-order valence-electron chi connectivity index (χ4n) is 3.32. The Morgan fingerprint density at radius 2 is 1.76 bits per heavy atom. The van der Waals surface area contributed by atoms with E-state index in [1.807, 2.05) is 0 Å². The van der Waals surface area contributed by atoms with Crippen molar-refractivity contribution in [3.8, 4) is 0 Å². The molecule has 2 aliphatic rings. The van der Waals surface area contributed by atoms with Crippen LogP contribution in [0.2, 0.25) is 0 Å². The van der Waals surface area contributed by atoms with Crippen molar-refractivity contribution in [2.75, 3.05) is 26.2 Å². The van der Waals surface area contributed by atoms with E-state index in [9.17, 15) is 22.8 Å². The third kappa shape index (κ3) is 5.13. The first-order valence-corrected chi connectivity index (χ1v) is 10.9. The number of amides is 1. The highest BCUT2D eigenvalue weighted by Crippen LogP contribution is 2.19. The van der Waals surface area contributed by atoms with Crippen molar-refractivity contribution in [3.63, 3.8) is 0 Å². The van der Waals surface area contributed by atoms with Crippen molar-refractivity contribution in [1.82, 2.24) is 9.21 Å². The smallest absolute Gasteiger partial charge is 0.347 e. The maximum absolute atomic E-state index is 12.6. The van der Waals surface area contributed by atoms with Crippen LogP contribution in [0.5, 0.6) is 0 Å². The summed E-state index contributed by atoms with van der Waals surface area (Å²) in [5.41, 5.74) is 0. The minimum Gasteiger partial charge on any atom is -0.460 e. The fraction of sp³-hybridized carbons (Fsp3) is 0.526. The number of esters is 2. The quantitative estimate of drug-likeness (QED) is 0.613. The molecular formula is C19H24N2O7S. The first-order valence-electron chi connectivity index (χ1n) is 9.50.